The average Bonchev–Trinajstić information content (AvgIpc) is 2.36. The topological polar surface area (TPSA) is 48.1 Å². The van der Waals surface area contributed by atoms with E-state index in [0.29, 0.717) is 16.7 Å². The molecule has 2 aromatic rings. The summed E-state index contributed by atoms with van der Waals surface area (Å²) >= 11 is 9.50. The number of halogens is 2. The third-order valence-corrected chi connectivity index (χ3v) is 3.55. The van der Waals surface area contributed by atoms with Gasteiger partial charge in [-0.25, -0.2) is 4.98 Å². The fraction of sp³-hybridized carbons (Fsp3) is 0.267. The van der Waals surface area contributed by atoms with Crippen LogP contribution in [0.15, 0.2) is 34.9 Å². The molecule has 1 unspecified atom stereocenters. The van der Waals surface area contributed by atoms with Crippen molar-refractivity contribution in [2.75, 3.05) is 0 Å². The Morgan fingerprint density at radius 2 is 2.15 bits per heavy atom. The van der Waals surface area contributed by atoms with Crippen LogP contribution in [0.25, 0.3) is 0 Å². The van der Waals surface area contributed by atoms with Crippen LogP contribution >= 0.6 is 27.5 Å². The third-order valence-electron chi connectivity index (χ3n) is 2.74. The summed E-state index contributed by atoms with van der Waals surface area (Å²) in [5.41, 5.74) is 7.85. The standard InChI is InChI=1S/C15H16BrClN2O/c1-9-5-11(6-10(2)18)8-19-15(9)20-14-7-12(16)3-4-13(14)17/h3-5,7-8,10H,6,18H2,1-2H3. The lowest BCUT2D eigenvalue weighted by Gasteiger charge is -2.11. The third kappa shape index (κ3) is 3.95. The van der Waals surface area contributed by atoms with Crippen LogP contribution in [0.4, 0.5) is 0 Å². The fourth-order valence-corrected chi connectivity index (χ4v) is 2.37. The van der Waals surface area contributed by atoms with Crippen molar-refractivity contribution in [3.05, 3.63) is 51.1 Å². The number of hydrogen-bond donors (Lipinski definition) is 1. The summed E-state index contributed by atoms with van der Waals surface area (Å²) in [5.74, 6) is 1.13. The van der Waals surface area contributed by atoms with Crippen molar-refractivity contribution in [2.24, 2.45) is 5.73 Å². The number of rotatable bonds is 4. The summed E-state index contributed by atoms with van der Waals surface area (Å²) in [4.78, 5) is 4.35. The van der Waals surface area contributed by atoms with E-state index in [9.17, 15) is 0 Å². The lowest BCUT2D eigenvalue weighted by molar-refractivity contribution is 0.458. The highest BCUT2D eigenvalue weighted by Gasteiger charge is 2.09. The van der Waals surface area contributed by atoms with Gasteiger partial charge in [-0.05, 0) is 50.1 Å². The second-order valence-corrected chi connectivity index (χ2v) is 6.15. The second kappa shape index (κ2) is 6.57. The molecule has 20 heavy (non-hydrogen) atoms. The highest BCUT2D eigenvalue weighted by Crippen LogP contribution is 2.32. The Kier molecular flexibility index (Phi) is 5.02. The van der Waals surface area contributed by atoms with Crippen LogP contribution in [-0.2, 0) is 6.42 Å². The first-order chi connectivity index (χ1) is 9.45. The largest absolute Gasteiger partial charge is 0.437 e. The molecule has 0 radical (unpaired) electrons. The van der Waals surface area contributed by atoms with Gasteiger partial charge in [0, 0.05) is 22.3 Å². The van der Waals surface area contributed by atoms with E-state index in [1.165, 1.54) is 0 Å². The molecule has 1 aromatic heterocycles. The molecule has 1 heterocycles. The molecule has 5 heteroatoms. The van der Waals surface area contributed by atoms with E-state index in [2.05, 4.69) is 20.9 Å². The molecule has 1 aromatic carbocycles. The normalized spacial score (nSPS) is 12.2. The van der Waals surface area contributed by atoms with Gasteiger partial charge >= 0.3 is 0 Å². The molecule has 0 aliphatic rings. The van der Waals surface area contributed by atoms with Crippen LogP contribution in [0.5, 0.6) is 11.6 Å². The van der Waals surface area contributed by atoms with E-state index in [-0.39, 0.29) is 6.04 Å². The van der Waals surface area contributed by atoms with E-state index in [4.69, 9.17) is 22.1 Å². The molecule has 0 fully saturated rings. The van der Waals surface area contributed by atoms with Gasteiger partial charge in [0.25, 0.3) is 0 Å². The minimum atomic E-state index is 0.113. The zero-order chi connectivity index (χ0) is 14.7. The number of aryl methyl sites for hydroxylation is 1. The van der Waals surface area contributed by atoms with Crippen molar-refractivity contribution >= 4 is 27.5 Å². The van der Waals surface area contributed by atoms with Gasteiger partial charge < -0.3 is 10.5 Å². The van der Waals surface area contributed by atoms with E-state index < -0.39 is 0 Å². The summed E-state index contributed by atoms with van der Waals surface area (Å²) in [6.07, 6.45) is 2.59. The number of nitrogens with two attached hydrogens (primary N) is 1. The first-order valence-electron chi connectivity index (χ1n) is 6.29. The van der Waals surface area contributed by atoms with Gasteiger partial charge in [-0.2, -0.15) is 0 Å². The van der Waals surface area contributed by atoms with Crippen molar-refractivity contribution < 1.29 is 4.74 Å². The van der Waals surface area contributed by atoms with E-state index in [1.807, 2.05) is 32.0 Å². The molecule has 106 valence electrons. The summed E-state index contributed by atoms with van der Waals surface area (Å²) in [5, 5.41) is 0.550. The first-order valence-corrected chi connectivity index (χ1v) is 7.47. The summed E-state index contributed by atoms with van der Waals surface area (Å²) < 4.78 is 6.68. The molecule has 2 N–H and O–H groups in total. The highest BCUT2D eigenvalue weighted by molar-refractivity contribution is 9.10. The molecular formula is C15H16BrClN2O. The molecule has 1 atom stereocenters. The number of ether oxygens (including phenoxy) is 1. The summed E-state index contributed by atoms with van der Waals surface area (Å²) in [7, 11) is 0. The van der Waals surface area contributed by atoms with Crippen LogP contribution in [-0.4, -0.2) is 11.0 Å². The van der Waals surface area contributed by atoms with Crippen LogP contribution in [0.2, 0.25) is 5.02 Å². The molecule has 0 saturated heterocycles. The first kappa shape index (κ1) is 15.3. The second-order valence-electron chi connectivity index (χ2n) is 4.82. The quantitative estimate of drug-likeness (QED) is 0.879. The van der Waals surface area contributed by atoms with Gasteiger partial charge in [0.2, 0.25) is 5.88 Å². The SMILES string of the molecule is Cc1cc(CC(C)N)cnc1Oc1cc(Br)ccc1Cl. The van der Waals surface area contributed by atoms with Crippen molar-refractivity contribution in [3.8, 4) is 11.6 Å². The monoisotopic (exact) mass is 354 g/mol. The maximum absolute atomic E-state index is 6.11. The van der Waals surface area contributed by atoms with Gasteiger partial charge in [0.15, 0.2) is 0 Å². The minimum absolute atomic E-state index is 0.113. The average molecular weight is 356 g/mol. The molecule has 0 aliphatic carbocycles. The maximum Gasteiger partial charge on any atom is 0.222 e. The molecule has 0 amide bonds. The van der Waals surface area contributed by atoms with E-state index in [0.717, 1.165) is 22.0 Å². The van der Waals surface area contributed by atoms with Crippen molar-refractivity contribution in [3.63, 3.8) is 0 Å². The van der Waals surface area contributed by atoms with E-state index >= 15 is 0 Å². The Balaban J connectivity index is 2.23. The molecule has 0 bridgehead atoms. The number of nitrogens with zero attached hydrogens (tertiary/aromatic N) is 1. The van der Waals surface area contributed by atoms with Crippen LogP contribution in [0.1, 0.15) is 18.1 Å². The van der Waals surface area contributed by atoms with Crippen molar-refractivity contribution in [1.82, 2.24) is 4.98 Å². The Morgan fingerprint density at radius 3 is 2.80 bits per heavy atom. The Hall–Kier alpha value is -1.10. The molecule has 0 aliphatic heterocycles. The van der Waals surface area contributed by atoms with Gasteiger partial charge in [-0.15, -0.1) is 0 Å². The fourth-order valence-electron chi connectivity index (χ4n) is 1.87. The smallest absolute Gasteiger partial charge is 0.222 e. The molecule has 3 nitrogen and oxygen atoms in total. The number of benzene rings is 1. The number of pyridine rings is 1. The van der Waals surface area contributed by atoms with Crippen LogP contribution in [0.3, 0.4) is 0 Å². The predicted molar refractivity (Wildman–Crippen MR) is 85.6 cm³/mol. The van der Waals surface area contributed by atoms with Gasteiger partial charge in [0.1, 0.15) is 5.75 Å². The Bertz CT molecular complexity index is 617. The zero-order valence-corrected chi connectivity index (χ0v) is 13.7. The predicted octanol–water partition coefficient (Wildman–Crippen LogP) is 4.49. The zero-order valence-electron chi connectivity index (χ0n) is 11.4. The lowest BCUT2D eigenvalue weighted by atomic mass is 10.1. The maximum atomic E-state index is 6.11. The van der Waals surface area contributed by atoms with Gasteiger partial charge in [0.05, 0.1) is 5.02 Å². The minimum Gasteiger partial charge on any atom is -0.437 e. The molecule has 0 saturated carbocycles. The molecular weight excluding hydrogens is 340 g/mol. The number of aromatic nitrogens is 1. The van der Waals surface area contributed by atoms with Crippen molar-refractivity contribution in [1.29, 1.82) is 0 Å². The lowest BCUT2D eigenvalue weighted by Crippen LogP contribution is -2.17. The summed E-state index contributed by atoms with van der Waals surface area (Å²) in [6.45, 7) is 3.93. The Labute approximate surface area is 132 Å². The van der Waals surface area contributed by atoms with Gasteiger partial charge in [-0.3, -0.25) is 0 Å². The van der Waals surface area contributed by atoms with E-state index in [1.54, 1.807) is 12.3 Å². The number of hydrogen-bond acceptors (Lipinski definition) is 3. The molecule has 0 spiro atoms. The highest BCUT2D eigenvalue weighted by atomic mass is 79.9. The van der Waals surface area contributed by atoms with Crippen LogP contribution in [0, 0.1) is 6.92 Å². The van der Waals surface area contributed by atoms with Crippen molar-refractivity contribution in [2.45, 2.75) is 26.3 Å². The van der Waals surface area contributed by atoms with Gasteiger partial charge in [-0.1, -0.05) is 27.5 Å². The Morgan fingerprint density at radius 1 is 1.40 bits per heavy atom. The van der Waals surface area contributed by atoms with Crippen LogP contribution < -0.4 is 10.5 Å². The summed E-state index contributed by atoms with van der Waals surface area (Å²) in [6, 6.07) is 7.61. The molecule has 2 rings (SSSR count).